The first kappa shape index (κ1) is 25.6. The third-order valence-corrected chi connectivity index (χ3v) is 6.04. The van der Waals surface area contributed by atoms with Crippen molar-refractivity contribution in [3.05, 3.63) is 66.4 Å². The van der Waals surface area contributed by atoms with Crippen LogP contribution in [0.2, 0.25) is 0 Å². The van der Waals surface area contributed by atoms with Gasteiger partial charge in [0.2, 0.25) is 5.91 Å². The van der Waals surface area contributed by atoms with Gasteiger partial charge in [0.1, 0.15) is 11.6 Å². The van der Waals surface area contributed by atoms with Gasteiger partial charge in [0.25, 0.3) is 0 Å². The van der Waals surface area contributed by atoms with E-state index in [1.807, 2.05) is 38.4 Å². The molecule has 0 bridgehead atoms. The summed E-state index contributed by atoms with van der Waals surface area (Å²) >= 11 is 0. The molecule has 0 aliphatic rings. The number of pyridine rings is 2. The van der Waals surface area contributed by atoms with Crippen LogP contribution in [-0.2, 0) is 11.8 Å². The van der Waals surface area contributed by atoms with Crippen LogP contribution in [0.3, 0.4) is 0 Å². The van der Waals surface area contributed by atoms with Crippen molar-refractivity contribution >= 4 is 28.4 Å². The summed E-state index contributed by atoms with van der Waals surface area (Å²) in [6.45, 7) is 2.14. The van der Waals surface area contributed by atoms with E-state index in [1.165, 1.54) is 20.3 Å². The highest BCUT2D eigenvalue weighted by Crippen LogP contribution is 2.37. The number of amides is 1. The van der Waals surface area contributed by atoms with Crippen LogP contribution in [-0.4, -0.2) is 46.4 Å². The Morgan fingerprint density at radius 1 is 1.11 bits per heavy atom. The summed E-state index contributed by atoms with van der Waals surface area (Å²) < 4.78 is 28.0. The van der Waals surface area contributed by atoms with Crippen molar-refractivity contribution in [1.29, 1.82) is 0 Å². The first-order valence-electron chi connectivity index (χ1n) is 11.7. The highest BCUT2D eigenvalue weighted by molar-refractivity contribution is 5.82. The van der Waals surface area contributed by atoms with Gasteiger partial charge in [-0.1, -0.05) is 11.6 Å². The van der Waals surface area contributed by atoms with Gasteiger partial charge in [0.15, 0.2) is 11.6 Å². The summed E-state index contributed by atoms with van der Waals surface area (Å²) in [5.74, 6) is -0.000381. The van der Waals surface area contributed by atoms with Gasteiger partial charge in [-0.3, -0.25) is 14.5 Å². The topological polar surface area (TPSA) is 108 Å². The Morgan fingerprint density at radius 2 is 1.92 bits per heavy atom. The number of hydrogen-bond acceptors (Lipinski definition) is 7. The fraction of sp³-hybridized carbons (Fsp3) is 0.259. The van der Waals surface area contributed by atoms with Gasteiger partial charge in [-0.25, -0.2) is 9.37 Å². The predicted octanol–water partition coefficient (Wildman–Crippen LogP) is 4.54. The maximum Gasteiger partial charge on any atom is 0.217 e. The number of nitrogens with zero attached hydrogens (tertiary/aromatic N) is 5. The number of allylic oxidation sites excluding steroid dienone is 1. The Labute approximate surface area is 214 Å². The largest absolute Gasteiger partial charge is 0.497 e. The van der Waals surface area contributed by atoms with Crippen molar-refractivity contribution < 1.29 is 18.7 Å². The maximum atomic E-state index is 15.6. The van der Waals surface area contributed by atoms with E-state index in [1.54, 1.807) is 34.1 Å². The minimum absolute atomic E-state index is 0.0415. The molecule has 192 valence electrons. The van der Waals surface area contributed by atoms with E-state index < -0.39 is 11.7 Å². The van der Waals surface area contributed by atoms with Crippen LogP contribution in [0.1, 0.15) is 19.8 Å². The number of carbonyl (C=O) groups is 1. The molecule has 0 aliphatic heterocycles. The van der Waals surface area contributed by atoms with Gasteiger partial charge in [-0.15, -0.1) is 0 Å². The van der Waals surface area contributed by atoms with Crippen LogP contribution < -0.4 is 20.1 Å². The van der Waals surface area contributed by atoms with Crippen LogP contribution in [0.4, 0.5) is 15.9 Å². The fourth-order valence-electron chi connectivity index (χ4n) is 3.99. The van der Waals surface area contributed by atoms with Gasteiger partial charge < -0.3 is 20.1 Å². The molecule has 0 aliphatic carbocycles. The summed E-state index contributed by atoms with van der Waals surface area (Å²) in [6, 6.07) is 8.62. The molecule has 3 aromatic heterocycles. The number of rotatable bonds is 10. The van der Waals surface area contributed by atoms with Gasteiger partial charge in [0, 0.05) is 55.7 Å². The standard InChI is InChI=1S/C27H29FN6O3/c1-5-17(6-8-25(29)35)15-34(23-11-20(36-3)12-24(37-4)27(23)28)26-9-7-21-22(32-26)10-18(13-30-21)19-14-31-33(2)16-19/h5,7,9-14,16H,6,8,15H2,1-4H3,(H2,29,35)/b17-5+. The van der Waals surface area contributed by atoms with Gasteiger partial charge >= 0.3 is 0 Å². The molecule has 4 aromatic rings. The molecule has 3 heterocycles. The summed E-state index contributed by atoms with van der Waals surface area (Å²) in [6.07, 6.45) is 7.94. The van der Waals surface area contributed by atoms with Crippen molar-refractivity contribution in [1.82, 2.24) is 19.7 Å². The molecule has 0 saturated heterocycles. The van der Waals surface area contributed by atoms with E-state index >= 15 is 4.39 Å². The first-order valence-corrected chi connectivity index (χ1v) is 11.7. The Kier molecular flexibility index (Phi) is 7.66. The average molecular weight is 505 g/mol. The van der Waals surface area contributed by atoms with E-state index in [-0.39, 0.29) is 24.4 Å². The van der Waals surface area contributed by atoms with Crippen LogP contribution in [0, 0.1) is 5.82 Å². The number of aryl methyl sites for hydroxylation is 1. The average Bonchev–Trinajstić information content (AvgIpc) is 3.34. The van der Waals surface area contributed by atoms with E-state index in [0.29, 0.717) is 29.0 Å². The SMILES string of the molecule is C/C=C(\CCC(N)=O)CN(c1ccc2ncc(-c3cnn(C)c3)cc2n1)c1cc(OC)cc(OC)c1F. The molecule has 0 spiro atoms. The molecule has 1 aromatic carbocycles. The second-order valence-electron chi connectivity index (χ2n) is 8.50. The number of hydrogen-bond donors (Lipinski definition) is 1. The quantitative estimate of drug-likeness (QED) is 0.316. The summed E-state index contributed by atoms with van der Waals surface area (Å²) in [4.78, 5) is 22.5. The maximum absolute atomic E-state index is 15.6. The zero-order valence-electron chi connectivity index (χ0n) is 21.2. The number of anilines is 2. The molecule has 0 atom stereocenters. The van der Waals surface area contributed by atoms with E-state index in [9.17, 15) is 4.79 Å². The van der Waals surface area contributed by atoms with Crippen LogP contribution in [0.25, 0.3) is 22.2 Å². The molecule has 1 amide bonds. The molecule has 9 nitrogen and oxygen atoms in total. The number of halogens is 1. The van der Waals surface area contributed by atoms with Crippen molar-refractivity contribution in [3.63, 3.8) is 0 Å². The monoisotopic (exact) mass is 504 g/mol. The zero-order chi connectivity index (χ0) is 26.5. The number of methoxy groups -OCH3 is 2. The molecule has 10 heteroatoms. The lowest BCUT2D eigenvalue weighted by molar-refractivity contribution is -0.117. The minimum Gasteiger partial charge on any atom is -0.497 e. The smallest absolute Gasteiger partial charge is 0.217 e. The Balaban J connectivity index is 1.84. The summed E-state index contributed by atoms with van der Waals surface area (Å²) in [5, 5.41) is 4.23. The van der Waals surface area contributed by atoms with Crippen LogP contribution in [0.15, 0.2) is 60.6 Å². The van der Waals surface area contributed by atoms with Crippen molar-refractivity contribution in [2.45, 2.75) is 19.8 Å². The Hall–Kier alpha value is -4.47. The molecule has 0 unspecified atom stereocenters. The summed E-state index contributed by atoms with van der Waals surface area (Å²) in [5.41, 5.74) is 9.59. The number of nitrogens with two attached hydrogens (primary N) is 1. The lowest BCUT2D eigenvalue weighted by atomic mass is 10.1. The van der Waals surface area contributed by atoms with Gasteiger partial charge in [-0.2, -0.15) is 5.10 Å². The highest BCUT2D eigenvalue weighted by Gasteiger charge is 2.22. The van der Waals surface area contributed by atoms with Gasteiger partial charge in [0.05, 0.1) is 37.1 Å². The number of primary amides is 1. The number of benzene rings is 1. The lowest BCUT2D eigenvalue weighted by Crippen LogP contribution is -2.23. The lowest BCUT2D eigenvalue weighted by Gasteiger charge is -2.27. The number of aromatic nitrogens is 4. The normalized spacial score (nSPS) is 11.5. The number of fused-ring (bicyclic) bond motifs is 1. The molecule has 0 saturated carbocycles. The summed E-state index contributed by atoms with van der Waals surface area (Å²) in [7, 11) is 4.75. The van der Waals surface area contributed by atoms with E-state index in [0.717, 1.165) is 16.7 Å². The molecule has 0 fully saturated rings. The number of carbonyl (C=O) groups excluding carboxylic acids is 1. The minimum atomic E-state index is -0.558. The second-order valence-corrected chi connectivity index (χ2v) is 8.50. The second kappa shape index (κ2) is 11.1. The molecule has 37 heavy (non-hydrogen) atoms. The highest BCUT2D eigenvalue weighted by atomic mass is 19.1. The van der Waals surface area contributed by atoms with Gasteiger partial charge in [-0.05, 0) is 31.5 Å². The third kappa shape index (κ3) is 5.69. The Bertz CT molecular complexity index is 1470. The molecule has 4 rings (SSSR count). The predicted molar refractivity (Wildman–Crippen MR) is 140 cm³/mol. The first-order chi connectivity index (χ1) is 17.8. The molecule has 0 radical (unpaired) electrons. The van der Waals surface area contributed by atoms with Crippen molar-refractivity contribution in [2.24, 2.45) is 12.8 Å². The molecular weight excluding hydrogens is 475 g/mol. The zero-order valence-corrected chi connectivity index (χ0v) is 21.2. The molecular formula is C27H29FN6O3. The Morgan fingerprint density at radius 3 is 2.57 bits per heavy atom. The fourth-order valence-corrected chi connectivity index (χ4v) is 3.99. The van der Waals surface area contributed by atoms with Crippen LogP contribution in [0.5, 0.6) is 11.5 Å². The number of ether oxygens (including phenoxy) is 2. The van der Waals surface area contributed by atoms with Crippen LogP contribution >= 0.6 is 0 Å². The van der Waals surface area contributed by atoms with Crippen molar-refractivity contribution in [2.75, 3.05) is 25.7 Å². The van der Waals surface area contributed by atoms with Crippen molar-refractivity contribution in [3.8, 4) is 22.6 Å². The van der Waals surface area contributed by atoms with E-state index in [2.05, 4.69) is 10.1 Å². The third-order valence-electron chi connectivity index (χ3n) is 6.04. The van der Waals surface area contributed by atoms with E-state index in [4.69, 9.17) is 20.2 Å². The molecule has 2 N–H and O–H groups in total.